The normalized spacial score (nSPS) is 11.4. The lowest BCUT2D eigenvalue weighted by Crippen LogP contribution is -3.05. The molecular weight excluding hydrogens is 244 g/mol. The van der Waals surface area contributed by atoms with Crippen molar-refractivity contribution in [3.8, 4) is 5.75 Å². The summed E-state index contributed by atoms with van der Waals surface area (Å²) in [6.07, 6.45) is 2.33. The molecule has 2 rings (SSSR count). The Labute approximate surface area is 112 Å². The number of aryl methyl sites for hydroxylation is 2. The number of aromatic nitrogens is 1. The molecular formula is C14H22N2OS+2. The quantitative estimate of drug-likeness (QED) is 0.862. The van der Waals surface area contributed by atoms with Crippen molar-refractivity contribution >= 4 is 21.6 Å². The molecule has 3 nitrogen and oxygen atoms in total. The SMILES string of the molecule is COc1ccc(C)c2sc(CCC[NH+](C)C)[nH+]c12. The van der Waals surface area contributed by atoms with Gasteiger partial charge in [0.1, 0.15) is 4.70 Å². The number of fused-ring (bicyclic) bond motifs is 1. The van der Waals surface area contributed by atoms with Crippen molar-refractivity contribution in [1.29, 1.82) is 0 Å². The average molecular weight is 266 g/mol. The highest BCUT2D eigenvalue weighted by Crippen LogP contribution is 2.29. The molecule has 18 heavy (non-hydrogen) atoms. The molecule has 1 aromatic heterocycles. The van der Waals surface area contributed by atoms with Crippen molar-refractivity contribution in [2.24, 2.45) is 0 Å². The van der Waals surface area contributed by atoms with Crippen LogP contribution in [0, 0.1) is 6.92 Å². The molecule has 2 N–H and O–H groups in total. The van der Waals surface area contributed by atoms with Gasteiger partial charge in [0.05, 0.1) is 27.7 Å². The third kappa shape index (κ3) is 2.82. The Morgan fingerprint density at radius 3 is 2.78 bits per heavy atom. The molecule has 0 spiro atoms. The highest BCUT2D eigenvalue weighted by Gasteiger charge is 2.17. The highest BCUT2D eigenvalue weighted by molar-refractivity contribution is 7.18. The first-order valence-corrected chi connectivity index (χ1v) is 7.20. The number of nitrogens with one attached hydrogen (secondary N) is 2. The van der Waals surface area contributed by atoms with E-state index in [2.05, 4.69) is 32.1 Å². The van der Waals surface area contributed by atoms with Crippen LogP contribution in [0.4, 0.5) is 0 Å². The molecule has 1 aromatic carbocycles. The number of rotatable bonds is 5. The molecule has 0 aliphatic carbocycles. The fourth-order valence-electron chi connectivity index (χ4n) is 2.09. The molecule has 0 unspecified atom stereocenters. The predicted molar refractivity (Wildman–Crippen MR) is 75.7 cm³/mol. The predicted octanol–water partition coefficient (Wildman–Crippen LogP) is 1.11. The zero-order valence-electron chi connectivity index (χ0n) is 11.6. The number of methoxy groups -OCH3 is 1. The van der Waals surface area contributed by atoms with Gasteiger partial charge in [0.15, 0.2) is 5.75 Å². The molecule has 0 amide bonds. The van der Waals surface area contributed by atoms with Crippen molar-refractivity contribution in [2.75, 3.05) is 27.7 Å². The molecule has 0 saturated carbocycles. The van der Waals surface area contributed by atoms with Crippen molar-refractivity contribution in [3.05, 3.63) is 22.7 Å². The van der Waals surface area contributed by atoms with Gasteiger partial charge in [0.25, 0.3) is 5.52 Å². The molecule has 0 fully saturated rings. The average Bonchev–Trinajstić information content (AvgIpc) is 2.74. The van der Waals surface area contributed by atoms with E-state index >= 15 is 0 Å². The number of aromatic amines is 1. The molecule has 1 heterocycles. The zero-order valence-corrected chi connectivity index (χ0v) is 12.4. The minimum Gasteiger partial charge on any atom is -0.490 e. The molecule has 4 heteroatoms. The molecule has 0 radical (unpaired) electrons. The maximum Gasteiger partial charge on any atom is 0.264 e. The summed E-state index contributed by atoms with van der Waals surface area (Å²) in [5, 5.41) is 1.35. The summed E-state index contributed by atoms with van der Waals surface area (Å²) in [5.74, 6) is 0.941. The van der Waals surface area contributed by atoms with E-state index in [9.17, 15) is 0 Å². The van der Waals surface area contributed by atoms with Gasteiger partial charge in [0.2, 0.25) is 5.01 Å². The van der Waals surface area contributed by atoms with E-state index in [0.29, 0.717) is 0 Å². The Hall–Kier alpha value is -1.13. The molecule has 0 aliphatic heterocycles. The smallest absolute Gasteiger partial charge is 0.264 e. The maximum atomic E-state index is 5.41. The Kier molecular flexibility index (Phi) is 4.19. The number of hydrogen-bond acceptors (Lipinski definition) is 2. The summed E-state index contributed by atoms with van der Waals surface area (Å²) in [4.78, 5) is 5.02. The van der Waals surface area contributed by atoms with Crippen LogP contribution in [0.1, 0.15) is 17.0 Å². The zero-order chi connectivity index (χ0) is 13.1. The van der Waals surface area contributed by atoms with Gasteiger partial charge in [-0.1, -0.05) is 17.4 Å². The third-order valence-corrected chi connectivity index (χ3v) is 4.39. The minimum absolute atomic E-state index is 0.941. The lowest BCUT2D eigenvalue weighted by atomic mass is 10.2. The van der Waals surface area contributed by atoms with Crippen molar-refractivity contribution < 1.29 is 14.6 Å². The molecule has 0 saturated heterocycles. The standard InChI is InChI=1S/C14H20N2OS/c1-10-7-8-11(17-4)13-14(10)18-12(15-13)6-5-9-16(2)3/h7-8H,5-6,9H2,1-4H3/p+2. The van der Waals surface area contributed by atoms with E-state index in [1.54, 1.807) is 7.11 Å². The first-order valence-electron chi connectivity index (χ1n) is 6.39. The van der Waals surface area contributed by atoms with E-state index in [1.165, 1.54) is 33.1 Å². The largest absolute Gasteiger partial charge is 0.490 e. The van der Waals surface area contributed by atoms with E-state index in [1.807, 2.05) is 17.4 Å². The van der Waals surface area contributed by atoms with E-state index in [4.69, 9.17) is 4.74 Å². The van der Waals surface area contributed by atoms with Crippen LogP contribution in [-0.2, 0) is 6.42 Å². The van der Waals surface area contributed by atoms with Crippen LogP contribution in [-0.4, -0.2) is 27.7 Å². The van der Waals surface area contributed by atoms with Crippen molar-refractivity contribution in [3.63, 3.8) is 0 Å². The van der Waals surface area contributed by atoms with Crippen LogP contribution in [0.2, 0.25) is 0 Å². The second-order valence-corrected chi connectivity index (χ2v) is 6.10. The number of quaternary nitrogens is 1. The Morgan fingerprint density at radius 2 is 2.11 bits per heavy atom. The van der Waals surface area contributed by atoms with Crippen LogP contribution in [0.3, 0.4) is 0 Å². The summed E-state index contributed by atoms with van der Waals surface area (Å²) in [5.41, 5.74) is 2.46. The van der Waals surface area contributed by atoms with Gasteiger partial charge in [-0.3, -0.25) is 0 Å². The fourth-order valence-corrected chi connectivity index (χ4v) is 3.22. The molecule has 2 aromatic rings. The summed E-state index contributed by atoms with van der Waals surface area (Å²) in [6.45, 7) is 3.36. The molecule has 0 bridgehead atoms. The van der Waals surface area contributed by atoms with Gasteiger partial charge in [-0.15, -0.1) is 0 Å². The lowest BCUT2D eigenvalue weighted by molar-refractivity contribution is -0.858. The van der Waals surface area contributed by atoms with Crippen molar-refractivity contribution in [1.82, 2.24) is 0 Å². The van der Waals surface area contributed by atoms with Gasteiger partial charge in [-0.25, -0.2) is 0 Å². The number of ether oxygens (including phenoxy) is 1. The van der Waals surface area contributed by atoms with Gasteiger partial charge >= 0.3 is 0 Å². The van der Waals surface area contributed by atoms with Gasteiger partial charge in [0, 0.05) is 12.8 Å². The Morgan fingerprint density at radius 1 is 1.33 bits per heavy atom. The number of thiazole rings is 1. The maximum absolute atomic E-state index is 5.41. The van der Waals surface area contributed by atoms with Crippen LogP contribution < -0.4 is 14.6 Å². The molecule has 0 aliphatic rings. The first-order chi connectivity index (χ1) is 8.61. The topological polar surface area (TPSA) is 27.8 Å². The summed E-state index contributed by atoms with van der Waals surface area (Å²) >= 11 is 1.86. The Balaban J connectivity index is 2.23. The second kappa shape index (κ2) is 5.67. The molecule has 98 valence electrons. The second-order valence-electron chi connectivity index (χ2n) is 5.00. The van der Waals surface area contributed by atoms with Crippen molar-refractivity contribution in [2.45, 2.75) is 19.8 Å². The monoisotopic (exact) mass is 266 g/mol. The van der Waals surface area contributed by atoms with Crippen LogP contribution in [0.25, 0.3) is 10.2 Å². The third-order valence-electron chi connectivity index (χ3n) is 3.11. The van der Waals surface area contributed by atoms with E-state index in [-0.39, 0.29) is 0 Å². The summed E-state index contributed by atoms with van der Waals surface area (Å²) < 4.78 is 6.73. The first kappa shape index (κ1) is 13.3. The minimum atomic E-state index is 0.941. The lowest BCUT2D eigenvalue weighted by Gasteiger charge is -2.03. The summed E-state index contributed by atoms with van der Waals surface area (Å²) in [7, 11) is 6.12. The molecule has 0 atom stereocenters. The van der Waals surface area contributed by atoms with Crippen LogP contribution in [0.5, 0.6) is 5.75 Å². The van der Waals surface area contributed by atoms with Crippen LogP contribution in [0.15, 0.2) is 12.1 Å². The number of benzene rings is 1. The number of H-pyrrole nitrogens is 1. The van der Waals surface area contributed by atoms with Crippen LogP contribution >= 0.6 is 11.3 Å². The number of hydrogen-bond donors (Lipinski definition) is 1. The van der Waals surface area contributed by atoms with E-state index in [0.717, 1.165) is 17.7 Å². The Bertz CT molecular complexity index is 534. The van der Waals surface area contributed by atoms with Gasteiger partial charge in [-0.05, 0) is 18.6 Å². The van der Waals surface area contributed by atoms with Gasteiger partial charge in [-0.2, -0.15) is 4.98 Å². The van der Waals surface area contributed by atoms with E-state index < -0.39 is 0 Å². The highest BCUT2D eigenvalue weighted by atomic mass is 32.1. The van der Waals surface area contributed by atoms with Gasteiger partial charge < -0.3 is 9.64 Å². The fraction of sp³-hybridized carbons (Fsp3) is 0.500. The summed E-state index contributed by atoms with van der Waals surface area (Å²) in [6, 6.07) is 4.16.